The van der Waals surface area contributed by atoms with E-state index in [1.807, 2.05) is 31.1 Å². The van der Waals surface area contributed by atoms with E-state index in [1.165, 1.54) is 10.5 Å². The summed E-state index contributed by atoms with van der Waals surface area (Å²) in [5, 5.41) is 3.43. The lowest BCUT2D eigenvalue weighted by atomic mass is 10.2. The number of hydrogen-bond acceptors (Lipinski definition) is 3. The molecule has 1 aromatic heterocycles. The molecular weight excluding hydrogens is 266 g/mol. The van der Waals surface area contributed by atoms with Gasteiger partial charge in [0.15, 0.2) is 0 Å². The maximum atomic E-state index is 4.24. The molecule has 1 heterocycles. The Hall–Kier alpha value is -1.26. The van der Waals surface area contributed by atoms with E-state index >= 15 is 0 Å². The third-order valence-corrected chi connectivity index (χ3v) is 4.15. The van der Waals surface area contributed by atoms with Crippen LogP contribution < -0.4 is 5.32 Å². The molecule has 0 saturated heterocycles. The summed E-state index contributed by atoms with van der Waals surface area (Å²) in [5.41, 5.74) is 1.34. The van der Waals surface area contributed by atoms with Gasteiger partial charge in [-0.1, -0.05) is 26.0 Å². The average Bonchev–Trinajstić information content (AvgIpc) is 2.83. The molecule has 2 aromatic rings. The zero-order valence-corrected chi connectivity index (χ0v) is 13.3. The summed E-state index contributed by atoms with van der Waals surface area (Å²) in [6.07, 6.45) is 3.90. The van der Waals surface area contributed by atoms with Crippen LogP contribution in [0.1, 0.15) is 25.2 Å². The normalized spacial score (nSPS) is 11.2. The van der Waals surface area contributed by atoms with Crippen LogP contribution in [0.2, 0.25) is 0 Å². The second-order valence-corrected chi connectivity index (χ2v) is 6.36. The molecule has 0 fully saturated rings. The highest BCUT2D eigenvalue weighted by Gasteiger charge is 1.99. The van der Waals surface area contributed by atoms with Crippen molar-refractivity contribution in [1.29, 1.82) is 0 Å². The molecule has 0 atom stereocenters. The van der Waals surface area contributed by atoms with Gasteiger partial charge < -0.3 is 9.88 Å². The molecule has 0 aliphatic heterocycles. The number of aromatic nitrogens is 2. The van der Waals surface area contributed by atoms with Gasteiger partial charge in [-0.25, -0.2) is 4.98 Å². The monoisotopic (exact) mass is 289 g/mol. The Bertz CT molecular complexity index is 517. The molecule has 4 heteroatoms. The quantitative estimate of drug-likeness (QED) is 0.791. The minimum Gasteiger partial charge on any atom is -0.334 e. The van der Waals surface area contributed by atoms with Crippen LogP contribution in [0, 0.1) is 6.92 Å². The summed E-state index contributed by atoms with van der Waals surface area (Å²) < 4.78 is 2.19. The SMILES string of the molecule is Cc1nccn1CCSc1ccc(CNC(C)C)cc1. The second kappa shape index (κ2) is 7.50. The summed E-state index contributed by atoms with van der Waals surface area (Å²) in [4.78, 5) is 5.56. The minimum absolute atomic E-state index is 0.530. The number of nitrogens with one attached hydrogen (secondary N) is 1. The summed E-state index contributed by atoms with van der Waals surface area (Å²) in [5.74, 6) is 2.15. The standard InChI is InChI=1S/C16H23N3S/c1-13(2)18-12-15-4-6-16(7-5-15)20-11-10-19-9-8-17-14(19)3/h4-9,13,18H,10-12H2,1-3H3. The van der Waals surface area contributed by atoms with Gasteiger partial charge in [-0.3, -0.25) is 0 Å². The van der Waals surface area contributed by atoms with Crippen molar-refractivity contribution in [3.63, 3.8) is 0 Å². The fourth-order valence-corrected chi connectivity index (χ4v) is 2.78. The van der Waals surface area contributed by atoms with Gasteiger partial charge in [0.1, 0.15) is 5.82 Å². The van der Waals surface area contributed by atoms with Crippen LogP contribution in [0.15, 0.2) is 41.6 Å². The largest absolute Gasteiger partial charge is 0.334 e. The highest BCUT2D eigenvalue weighted by atomic mass is 32.2. The van der Waals surface area contributed by atoms with Crippen molar-refractivity contribution in [2.24, 2.45) is 0 Å². The van der Waals surface area contributed by atoms with Gasteiger partial charge in [0.2, 0.25) is 0 Å². The van der Waals surface area contributed by atoms with Crippen LogP contribution in [-0.4, -0.2) is 21.3 Å². The van der Waals surface area contributed by atoms with Crippen molar-refractivity contribution >= 4 is 11.8 Å². The third-order valence-electron chi connectivity index (χ3n) is 3.16. The van der Waals surface area contributed by atoms with Crippen molar-refractivity contribution in [2.45, 2.75) is 44.8 Å². The molecule has 1 aromatic carbocycles. The smallest absolute Gasteiger partial charge is 0.105 e. The zero-order valence-electron chi connectivity index (χ0n) is 12.5. The predicted molar refractivity (Wildman–Crippen MR) is 86.1 cm³/mol. The van der Waals surface area contributed by atoms with Crippen LogP contribution in [-0.2, 0) is 13.1 Å². The fourth-order valence-electron chi connectivity index (χ4n) is 1.93. The van der Waals surface area contributed by atoms with Crippen molar-refractivity contribution in [2.75, 3.05) is 5.75 Å². The Labute approximate surface area is 125 Å². The number of benzene rings is 1. The average molecular weight is 289 g/mol. The molecule has 0 radical (unpaired) electrons. The number of nitrogens with zero attached hydrogens (tertiary/aromatic N) is 2. The minimum atomic E-state index is 0.530. The molecule has 108 valence electrons. The van der Waals surface area contributed by atoms with Crippen LogP contribution in [0.25, 0.3) is 0 Å². The molecular formula is C16H23N3S. The molecule has 0 aliphatic carbocycles. The van der Waals surface area contributed by atoms with Gasteiger partial charge in [-0.2, -0.15) is 0 Å². The van der Waals surface area contributed by atoms with E-state index in [0.717, 1.165) is 24.7 Å². The summed E-state index contributed by atoms with van der Waals surface area (Å²) in [7, 11) is 0. The lowest BCUT2D eigenvalue weighted by molar-refractivity contribution is 0.588. The predicted octanol–water partition coefficient (Wildman–Crippen LogP) is 3.48. The van der Waals surface area contributed by atoms with E-state index < -0.39 is 0 Å². The van der Waals surface area contributed by atoms with Crippen LogP contribution in [0.4, 0.5) is 0 Å². The maximum Gasteiger partial charge on any atom is 0.105 e. The topological polar surface area (TPSA) is 29.9 Å². The first-order valence-electron chi connectivity index (χ1n) is 7.08. The van der Waals surface area contributed by atoms with Gasteiger partial charge in [0, 0.05) is 42.2 Å². The molecule has 2 rings (SSSR count). The van der Waals surface area contributed by atoms with Crippen LogP contribution in [0.3, 0.4) is 0 Å². The highest BCUT2D eigenvalue weighted by Crippen LogP contribution is 2.19. The Morgan fingerprint density at radius 2 is 2.00 bits per heavy atom. The van der Waals surface area contributed by atoms with E-state index in [4.69, 9.17) is 0 Å². The highest BCUT2D eigenvalue weighted by molar-refractivity contribution is 7.99. The molecule has 0 unspecified atom stereocenters. The maximum absolute atomic E-state index is 4.24. The summed E-state index contributed by atoms with van der Waals surface area (Å²) in [6, 6.07) is 9.37. The summed E-state index contributed by atoms with van der Waals surface area (Å²) in [6.45, 7) is 8.33. The molecule has 0 spiro atoms. The van der Waals surface area contributed by atoms with Crippen LogP contribution >= 0.6 is 11.8 Å². The third kappa shape index (κ3) is 4.69. The zero-order chi connectivity index (χ0) is 14.4. The van der Waals surface area contributed by atoms with Crippen molar-refractivity contribution in [3.8, 4) is 0 Å². The van der Waals surface area contributed by atoms with Gasteiger partial charge in [0.05, 0.1) is 0 Å². The molecule has 0 bridgehead atoms. The molecule has 20 heavy (non-hydrogen) atoms. The fraction of sp³-hybridized carbons (Fsp3) is 0.438. The van der Waals surface area contributed by atoms with Gasteiger partial charge in [0.25, 0.3) is 0 Å². The Balaban J connectivity index is 1.77. The second-order valence-electron chi connectivity index (χ2n) is 5.20. The van der Waals surface area contributed by atoms with Crippen molar-refractivity contribution < 1.29 is 0 Å². The van der Waals surface area contributed by atoms with E-state index in [0.29, 0.717) is 6.04 Å². The van der Waals surface area contributed by atoms with E-state index in [9.17, 15) is 0 Å². The van der Waals surface area contributed by atoms with E-state index in [-0.39, 0.29) is 0 Å². The molecule has 0 saturated carbocycles. The number of rotatable bonds is 7. The van der Waals surface area contributed by atoms with E-state index in [1.54, 1.807) is 0 Å². The van der Waals surface area contributed by atoms with Crippen LogP contribution in [0.5, 0.6) is 0 Å². The number of hydrogen-bond donors (Lipinski definition) is 1. The number of imidazole rings is 1. The van der Waals surface area contributed by atoms with Gasteiger partial charge >= 0.3 is 0 Å². The van der Waals surface area contributed by atoms with E-state index in [2.05, 4.69) is 53.0 Å². The molecule has 3 nitrogen and oxygen atoms in total. The first-order chi connectivity index (χ1) is 9.65. The van der Waals surface area contributed by atoms with Crippen molar-refractivity contribution in [1.82, 2.24) is 14.9 Å². The van der Waals surface area contributed by atoms with Crippen molar-refractivity contribution in [3.05, 3.63) is 48.0 Å². The lowest BCUT2D eigenvalue weighted by Gasteiger charge is -2.09. The summed E-state index contributed by atoms with van der Waals surface area (Å²) >= 11 is 1.89. The van der Waals surface area contributed by atoms with Gasteiger partial charge in [-0.05, 0) is 24.6 Å². The molecule has 0 aliphatic rings. The Kier molecular flexibility index (Phi) is 5.68. The molecule has 0 amide bonds. The first kappa shape index (κ1) is 15.1. The lowest BCUT2D eigenvalue weighted by Crippen LogP contribution is -2.21. The Morgan fingerprint density at radius 3 is 2.60 bits per heavy atom. The number of aryl methyl sites for hydroxylation is 2. The first-order valence-corrected chi connectivity index (χ1v) is 8.06. The van der Waals surface area contributed by atoms with Gasteiger partial charge in [-0.15, -0.1) is 11.8 Å². The number of thioether (sulfide) groups is 1. The Morgan fingerprint density at radius 1 is 1.25 bits per heavy atom. The molecule has 1 N–H and O–H groups in total.